The largest absolute Gasteiger partial charge is 0.302 e. The van der Waals surface area contributed by atoms with Crippen molar-refractivity contribution in [3.05, 3.63) is 41.3 Å². The molecule has 19 heavy (non-hydrogen) atoms. The summed E-state index contributed by atoms with van der Waals surface area (Å²) in [7, 11) is 0. The monoisotopic (exact) mass is 274 g/mol. The molecule has 0 spiro atoms. The molecule has 3 rings (SSSR count). The Morgan fingerprint density at radius 2 is 1.95 bits per heavy atom. The molecule has 1 amide bonds. The van der Waals surface area contributed by atoms with Gasteiger partial charge in [-0.15, -0.1) is 0 Å². The van der Waals surface area contributed by atoms with Crippen LogP contribution in [0.3, 0.4) is 0 Å². The summed E-state index contributed by atoms with van der Waals surface area (Å²) in [6, 6.07) is 7.23. The van der Waals surface area contributed by atoms with Crippen LogP contribution in [0.25, 0.3) is 11.0 Å². The van der Waals surface area contributed by atoms with Crippen molar-refractivity contribution in [1.82, 2.24) is 25.4 Å². The zero-order valence-electron chi connectivity index (χ0n) is 9.46. The van der Waals surface area contributed by atoms with Gasteiger partial charge in [0.1, 0.15) is 0 Å². The lowest BCUT2D eigenvalue weighted by atomic mass is 10.3. The molecule has 8 heteroatoms. The van der Waals surface area contributed by atoms with Crippen LogP contribution in [0, 0.1) is 0 Å². The molecule has 0 aliphatic carbocycles. The van der Waals surface area contributed by atoms with Crippen LogP contribution < -0.4 is 5.32 Å². The maximum Gasteiger partial charge on any atom is 0.279 e. The number of carbonyl (C=O) groups is 1. The Hall–Kier alpha value is -2.54. The maximum absolute atomic E-state index is 11.8. The number of aromatic amines is 1. The highest BCUT2D eigenvalue weighted by molar-refractivity contribution is 6.32. The number of fused-ring (bicyclic) bond motifs is 1. The van der Waals surface area contributed by atoms with Crippen molar-refractivity contribution in [2.75, 3.05) is 5.32 Å². The van der Waals surface area contributed by atoms with E-state index in [1.165, 1.54) is 6.20 Å². The van der Waals surface area contributed by atoms with Crippen LogP contribution in [0.15, 0.2) is 30.5 Å². The van der Waals surface area contributed by atoms with E-state index in [9.17, 15) is 4.79 Å². The van der Waals surface area contributed by atoms with Crippen LogP contribution >= 0.6 is 11.6 Å². The molecule has 2 N–H and O–H groups in total. The van der Waals surface area contributed by atoms with Crippen molar-refractivity contribution in [2.45, 2.75) is 0 Å². The van der Waals surface area contributed by atoms with E-state index in [0.717, 1.165) is 0 Å². The van der Waals surface area contributed by atoms with Gasteiger partial charge in [-0.25, -0.2) is 9.97 Å². The maximum atomic E-state index is 11.8. The highest BCUT2D eigenvalue weighted by Gasteiger charge is 2.13. The summed E-state index contributed by atoms with van der Waals surface area (Å²) in [5.74, 6) is -0.270. The van der Waals surface area contributed by atoms with E-state index in [1.54, 1.807) is 12.1 Å². The van der Waals surface area contributed by atoms with Gasteiger partial charge in [0.15, 0.2) is 16.7 Å². The Kier molecular flexibility index (Phi) is 2.81. The second-order valence-corrected chi connectivity index (χ2v) is 4.02. The fraction of sp³-hybridized carbons (Fsp3) is 0. The number of hydrogen-bond acceptors (Lipinski definition) is 5. The fourth-order valence-electron chi connectivity index (χ4n) is 1.54. The number of hydrogen-bond donors (Lipinski definition) is 2. The topological polar surface area (TPSA) is 96.5 Å². The van der Waals surface area contributed by atoms with E-state index in [-0.39, 0.29) is 16.7 Å². The van der Waals surface area contributed by atoms with Gasteiger partial charge in [0, 0.05) is 0 Å². The Morgan fingerprint density at radius 1 is 1.21 bits per heavy atom. The molecule has 0 fully saturated rings. The number of halogens is 1. The molecule has 0 aliphatic heterocycles. The van der Waals surface area contributed by atoms with E-state index in [4.69, 9.17) is 11.6 Å². The fourth-order valence-corrected chi connectivity index (χ4v) is 1.72. The highest BCUT2D eigenvalue weighted by Crippen LogP contribution is 2.21. The first kappa shape index (κ1) is 11.5. The number of anilines is 1. The van der Waals surface area contributed by atoms with Crippen LogP contribution in [0.2, 0.25) is 5.15 Å². The van der Waals surface area contributed by atoms with E-state index in [2.05, 4.69) is 30.7 Å². The molecule has 0 saturated carbocycles. The van der Waals surface area contributed by atoms with E-state index < -0.39 is 5.91 Å². The molecular weight excluding hydrogens is 268 g/mol. The first-order chi connectivity index (χ1) is 9.24. The molecule has 0 aliphatic rings. The third kappa shape index (κ3) is 2.23. The predicted octanol–water partition coefficient (Wildman–Crippen LogP) is 1.65. The number of nitrogens with one attached hydrogen (secondary N) is 2. The minimum Gasteiger partial charge on any atom is -0.302 e. The van der Waals surface area contributed by atoms with Gasteiger partial charge in [-0.1, -0.05) is 23.7 Å². The normalized spacial score (nSPS) is 10.6. The molecule has 0 unspecified atom stereocenters. The molecule has 7 nitrogen and oxygen atoms in total. The zero-order chi connectivity index (χ0) is 13.2. The molecule has 0 bridgehead atoms. The Balaban J connectivity index is 1.96. The van der Waals surface area contributed by atoms with Crippen LogP contribution in [-0.2, 0) is 0 Å². The second-order valence-electron chi connectivity index (χ2n) is 3.66. The van der Waals surface area contributed by atoms with Crippen LogP contribution in [0.1, 0.15) is 10.5 Å². The molecule has 0 atom stereocenters. The molecule has 1 aromatic carbocycles. The summed E-state index contributed by atoms with van der Waals surface area (Å²) in [5, 5.41) is 12.2. The lowest BCUT2D eigenvalue weighted by molar-refractivity contribution is 0.102. The van der Waals surface area contributed by atoms with Gasteiger partial charge in [-0.05, 0) is 12.1 Å². The van der Waals surface area contributed by atoms with Gasteiger partial charge < -0.3 is 5.32 Å². The number of H-pyrrole nitrogens is 1. The van der Waals surface area contributed by atoms with Crippen molar-refractivity contribution in [3.8, 4) is 0 Å². The van der Waals surface area contributed by atoms with Crippen molar-refractivity contribution in [2.24, 2.45) is 0 Å². The molecule has 2 heterocycles. The van der Waals surface area contributed by atoms with Gasteiger partial charge in [0.2, 0.25) is 0 Å². The standard InChI is InChI=1S/C11H7ClN6O/c12-9-10(16-11(19)8-5-13-18-17-8)15-7-4-2-1-3-6(7)14-9/h1-5H,(H,13,17,18)(H,15,16,19). The smallest absolute Gasteiger partial charge is 0.279 e. The Morgan fingerprint density at radius 3 is 2.63 bits per heavy atom. The van der Waals surface area contributed by atoms with Crippen LogP contribution in [0.4, 0.5) is 5.82 Å². The number of amides is 1. The zero-order valence-corrected chi connectivity index (χ0v) is 10.2. The Bertz CT molecular complexity index is 742. The number of aromatic nitrogens is 5. The van der Waals surface area contributed by atoms with E-state index >= 15 is 0 Å². The quantitative estimate of drug-likeness (QED) is 0.741. The summed E-state index contributed by atoms with van der Waals surface area (Å²) in [4.78, 5) is 20.2. The minimum atomic E-state index is -0.458. The summed E-state index contributed by atoms with van der Waals surface area (Å²) in [6.07, 6.45) is 1.30. The van der Waals surface area contributed by atoms with Crippen molar-refractivity contribution >= 4 is 34.4 Å². The number of rotatable bonds is 2. The van der Waals surface area contributed by atoms with Crippen molar-refractivity contribution < 1.29 is 4.79 Å². The van der Waals surface area contributed by atoms with Crippen molar-refractivity contribution in [1.29, 1.82) is 0 Å². The van der Waals surface area contributed by atoms with Gasteiger partial charge in [0.05, 0.1) is 17.2 Å². The second kappa shape index (κ2) is 4.62. The lowest BCUT2D eigenvalue weighted by Gasteiger charge is -2.05. The molecular formula is C11H7ClN6O. The molecule has 2 aromatic heterocycles. The molecule has 94 valence electrons. The highest BCUT2D eigenvalue weighted by atomic mass is 35.5. The molecule has 3 aromatic rings. The average molecular weight is 275 g/mol. The van der Waals surface area contributed by atoms with Gasteiger partial charge in [0.25, 0.3) is 5.91 Å². The number of carbonyl (C=O) groups excluding carboxylic acids is 1. The SMILES string of the molecule is O=C(Nc1nc2ccccc2nc1Cl)c1cn[nH]n1. The third-order valence-electron chi connectivity index (χ3n) is 2.41. The van der Waals surface area contributed by atoms with E-state index in [1.807, 2.05) is 12.1 Å². The van der Waals surface area contributed by atoms with Gasteiger partial charge >= 0.3 is 0 Å². The van der Waals surface area contributed by atoms with Crippen LogP contribution in [-0.4, -0.2) is 31.3 Å². The average Bonchev–Trinajstić information content (AvgIpc) is 2.93. The first-order valence-corrected chi connectivity index (χ1v) is 5.71. The molecule has 0 radical (unpaired) electrons. The van der Waals surface area contributed by atoms with E-state index in [0.29, 0.717) is 11.0 Å². The van der Waals surface area contributed by atoms with Crippen molar-refractivity contribution in [3.63, 3.8) is 0 Å². The summed E-state index contributed by atoms with van der Waals surface area (Å²) >= 11 is 5.98. The van der Waals surface area contributed by atoms with Gasteiger partial charge in [-0.2, -0.15) is 15.4 Å². The summed E-state index contributed by atoms with van der Waals surface area (Å²) in [6.45, 7) is 0. The summed E-state index contributed by atoms with van der Waals surface area (Å²) in [5.41, 5.74) is 1.44. The third-order valence-corrected chi connectivity index (χ3v) is 2.67. The summed E-state index contributed by atoms with van der Waals surface area (Å²) < 4.78 is 0. The van der Waals surface area contributed by atoms with Gasteiger partial charge in [-0.3, -0.25) is 4.79 Å². The Labute approximate surface area is 112 Å². The number of para-hydroxylation sites is 2. The number of benzene rings is 1. The van der Waals surface area contributed by atoms with Crippen LogP contribution in [0.5, 0.6) is 0 Å². The first-order valence-electron chi connectivity index (χ1n) is 5.33. The molecule has 0 saturated heterocycles. The predicted molar refractivity (Wildman–Crippen MR) is 68.9 cm³/mol. The minimum absolute atomic E-state index is 0.121. The lowest BCUT2D eigenvalue weighted by Crippen LogP contribution is -2.14. The number of nitrogens with zero attached hydrogens (tertiary/aromatic N) is 4.